The molecule has 33 heavy (non-hydrogen) atoms. The van der Waals surface area contributed by atoms with Gasteiger partial charge in [-0.2, -0.15) is 0 Å². The second-order valence-corrected chi connectivity index (χ2v) is 7.81. The molecular weight excluding hydrogens is 450 g/mol. The van der Waals surface area contributed by atoms with E-state index in [1.807, 2.05) is 0 Å². The number of hydrogen-bond donors (Lipinski definition) is 2. The molecule has 188 valence electrons. The predicted octanol–water partition coefficient (Wildman–Crippen LogP) is 1.98. The van der Waals surface area contributed by atoms with Gasteiger partial charge in [-0.1, -0.05) is 19.3 Å². The number of carboxylic acid groups (broad SMARTS) is 1. The second kappa shape index (κ2) is 13.9. The van der Waals surface area contributed by atoms with Gasteiger partial charge in [-0.25, -0.2) is 4.79 Å². The van der Waals surface area contributed by atoms with E-state index in [0.29, 0.717) is 12.8 Å². The number of rotatable bonds is 15. The average molecular weight is 479 g/mol. The van der Waals surface area contributed by atoms with Gasteiger partial charge in [0.15, 0.2) is 0 Å². The standard InChI is InChI=1S/C18H29N3O12/c1-13(31-16(24)7-5-6-14(33-21(28)29)11-30-20(26)27)32-17(25)19-12-18(10-15(22)23)8-3-2-4-9-18/h13-14H,2-12H2,1H3,(H,19,25)(H,22,23)/t13?,14-/m0/s1. The van der Waals surface area contributed by atoms with Crippen LogP contribution in [0.1, 0.15) is 64.7 Å². The van der Waals surface area contributed by atoms with Crippen molar-refractivity contribution in [1.82, 2.24) is 5.32 Å². The SMILES string of the molecule is CC(OC(=O)CCC[C@@H](CO[N+](=O)[O-])O[N+](=O)[O-])OC(=O)NCC1(CC(=O)O)CCCCC1. The van der Waals surface area contributed by atoms with Crippen molar-refractivity contribution in [2.75, 3.05) is 13.2 Å². The van der Waals surface area contributed by atoms with Gasteiger partial charge < -0.3 is 29.6 Å². The lowest BCUT2D eigenvalue weighted by Gasteiger charge is -2.36. The summed E-state index contributed by atoms with van der Waals surface area (Å²) in [6.45, 7) is 0.767. The molecular formula is C18H29N3O12. The highest BCUT2D eigenvalue weighted by molar-refractivity contribution is 5.71. The molecule has 1 fully saturated rings. The number of nitrogens with one attached hydrogen (secondary N) is 1. The maximum absolute atomic E-state index is 12.0. The van der Waals surface area contributed by atoms with Crippen LogP contribution < -0.4 is 5.32 Å². The highest BCUT2D eigenvalue weighted by Crippen LogP contribution is 2.38. The van der Waals surface area contributed by atoms with E-state index in [4.69, 9.17) is 14.6 Å². The summed E-state index contributed by atoms with van der Waals surface area (Å²) in [4.78, 5) is 64.0. The monoisotopic (exact) mass is 479 g/mol. The third-order valence-electron chi connectivity index (χ3n) is 5.13. The molecule has 2 atom stereocenters. The average Bonchev–Trinajstić information content (AvgIpc) is 2.70. The Bertz CT molecular complexity index is 695. The summed E-state index contributed by atoms with van der Waals surface area (Å²) in [5, 5.41) is 30.1. The van der Waals surface area contributed by atoms with Crippen LogP contribution in [0.2, 0.25) is 0 Å². The fourth-order valence-corrected chi connectivity index (χ4v) is 3.67. The highest BCUT2D eigenvalue weighted by atomic mass is 17.0. The molecule has 1 amide bonds. The Morgan fingerprint density at radius 3 is 2.33 bits per heavy atom. The molecule has 0 radical (unpaired) electrons. The van der Waals surface area contributed by atoms with Crippen LogP contribution in [0, 0.1) is 25.6 Å². The van der Waals surface area contributed by atoms with Gasteiger partial charge in [0.05, 0.1) is 6.42 Å². The molecule has 15 nitrogen and oxygen atoms in total. The van der Waals surface area contributed by atoms with Gasteiger partial charge in [-0.05, 0) is 31.1 Å². The number of nitrogens with zero attached hydrogens (tertiary/aromatic N) is 2. The fraction of sp³-hybridized carbons (Fsp3) is 0.833. The van der Waals surface area contributed by atoms with Gasteiger partial charge in [0.25, 0.3) is 10.2 Å². The van der Waals surface area contributed by atoms with Crippen LogP contribution in [0.4, 0.5) is 4.79 Å². The van der Waals surface area contributed by atoms with Crippen molar-refractivity contribution in [3.05, 3.63) is 20.2 Å². The number of hydrogen-bond acceptors (Lipinski definition) is 11. The Morgan fingerprint density at radius 2 is 1.76 bits per heavy atom. The Labute approximate surface area is 188 Å². The number of carbonyl (C=O) groups is 3. The molecule has 1 unspecified atom stereocenters. The van der Waals surface area contributed by atoms with E-state index in [-0.39, 0.29) is 32.2 Å². The van der Waals surface area contributed by atoms with Crippen LogP contribution in [-0.2, 0) is 28.7 Å². The minimum absolute atomic E-state index is 0.0367. The van der Waals surface area contributed by atoms with E-state index < -0.39 is 52.6 Å². The zero-order valence-corrected chi connectivity index (χ0v) is 18.3. The molecule has 0 spiro atoms. The van der Waals surface area contributed by atoms with E-state index in [1.165, 1.54) is 6.92 Å². The third kappa shape index (κ3) is 12.3. The van der Waals surface area contributed by atoms with E-state index in [2.05, 4.69) is 15.0 Å². The summed E-state index contributed by atoms with van der Waals surface area (Å²) in [6, 6.07) is 0. The van der Waals surface area contributed by atoms with Gasteiger partial charge in [0.1, 0.15) is 12.7 Å². The van der Waals surface area contributed by atoms with E-state index >= 15 is 0 Å². The first kappa shape index (κ1) is 27.6. The quantitative estimate of drug-likeness (QED) is 0.150. The number of amides is 1. The number of carboxylic acids is 1. The normalized spacial score (nSPS) is 16.5. The lowest BCUT2D eigenvalue weighted by molar-refractivity contribution is -0.790. The van der Waals surface area contributed by atoms with E-state index in [9.17, 15) is 34.6 Å². The van der Waals surface area contributed by atoms with Crippen molar-refractivity contribution in [2.45, 2.75) is 77.1 Å². The summed E-state index contributed by atoms with van der Waals surface area (Å²) >= 11 is 0. The Balaban J connectivity index is 2.36. The molecule has 0 aromatic rings. The summed E-state index contributed by atoms with van der Waals surface area (Å²) in [6.07, 6.45) is 0.462. The maximum Gasteiger partial charge on any atom is 0.410 e. The first-order valence-electron chi connectivity index (χ1n) is 10.5. The second-order valence-electron chi connectivity index (χ2n) is 7.81. The smallest absolute Gasteiger partial charge is 0.410 e. The van der Waals surface area contributed by atoms with Gasteiger partial charge >= 0.3 is 18.0 Å². The van der Waals surface area contributed by atoms with Crippen molar-refractivity contribution in [3.8, 4) is 0 Å². The molecule has 15 heteroatoms. The predicted molar refractivity (Wildman–Crippen MR) is 106 cm³/mol. The lowest BCUT2D eigenvalue weighted by Crippen LogP contribution is -2.41. The molecule has 0 heterocycles. The molecule has 0 aromatic carbocycles. The Morgan fingerprint density at radius 1 is 1.09 bits per heavy atom. The van der Waals surface area contributed by atoms with Gasteiger partial charge in [0.2, 0.25) is 6.29 Å². The van der Waals surface area contributed by atoms with Crippen molar-refractivity contribution >= 4 is 18.0 Å². The van der Waals surface area contributed by atoms with Crippen LogP contribution >= 0.6 is 0 Å². The van der Waals surface area contributed by atoms with E-state index in [1.54, 1.807) is 0 Å². The molecule has 1 rings (SSSR count). The summed E-state index contributed by atoms with van der Waals surface area (Å²) in [5.74, 6) is -1.70. The maximum atomic E-state index is 12.0. The fourth-order valence-electron chi connectivity index (χ4n) is 3.67. The molecule has 1 aliphatic carbocycles. The number of aliphatic carboxylic acids is 1. The van der Waals surface area contributed by atoms with Gasteiger partial charge in [-0.15, -0.1) is 20.2 Å². The molecule has 0 aromatic heterocycles. The van der Waals surface area contributed by atoms with Gasteiger partial charge in [0, 0.05) is 19.9 Å². The zero-order valence-electron chi connectivity index (χ0n) is 18.3. The van der Waals surface area contributed by atoms with Crippen LogP contribution in [-0.4, -0.2) is 58.9 Å². The van der Waals surface area contributed by atoms with Crippen LogP contribution in [0.25, 0.3) is 0 Å². The van der Waals surface area contributed by atoms with Crippen LogP contribution in [0.3, 0.4) is 0 Å². The zero-order chi connectivity index (χ0) is 24.9. The topological polar surface area (TPSA) is 207 Å². The Kier molecular flexibility index (Phi) is 11.6. The Hall–Kier alpha value is -3.39. The molecule has 0 aliphatic heterocycles. The largest absolute Gasteiger partial charge is 0.481 e. The minimum Gasteiger partial charge on any atom is -0.481 e. The van der Waals surface area contributed by atoms with Crippen molar-refractivity contribution < 1.29 is 48.8 Å². The third-order valence-corrected chi connectivity index (χ3v) is 5.13. The lowest BCUT2D eigenvalue weighted by atomic mass is 9.72. The number of ether oxygens (including phenoxy) is 2. The first-order valence-corrected chi connectivity index (χ1v) is 10.5. The first-order chi connectivity index (χ1) is 15.5. The number of carbonyl (C=O) groups excluding carboxylic acids is 2. The van der Waals surface area contributed by atoms with Crippen molar-refractivity contribution in [3.63, 3.8) is 0 Å². The van der Waals surface area contributed by atoms with Crippen LogP contribution in [0.5, 0.6) is 0 Å². The van der Waals surface area contributed by atoms with E-state index in [0.717, 1.165) is 19.3 Å². The van der Waals surface area contributed by atoms with Crippen LogP contribution in [0.15, 0.2) is 0 Å². The minimum atomic E-state index is -1.24. The molecule has 0 saturated heterocycles. The summed E-state index contributed by atoms with van der Waals surface area (Å²) in [7, 11) is 0. The summed E-state index contributed by atoms with van der Waals surface area (Å²) < 4.78 is 9.89. The van der Waals surface area contributed by atoms with Gasteiger partial charge in [-0.3, -0.25) is 9.59 Å². The summed E-state index contributed by atoms with van der Waals surface area (Å²) in [5.41, 5.74) is -0.537. The van der Waals surface area contributed by atoms with Crippen molar-refractivity contribution in [2.24, 2.45) is 5.41 Å². The molecule has 1 aliphatic rings. The molecule has 1 saturated carbocycles. The highest BCUT2D eigenvalue weighted by Gasteiger charge is 2.35. The number of alkyl carbamates (subject to hydrolysis) is 1. The molecule has 0 bridgehead atoms. The molecule has 2 N–H and O–H groups in total. The van der Waals surface area contributed by atoms with Crippen molar-refractivity contribution in [1.29, 1.82) is 0 Å². The number of esters is 1.